The van der Waals surface area contributed by atoms with Gasteiger partial charge in [-0.25, -0.2) is 0 Å². The second-order valence-electron chi connectivity index (χ2n) is 4.29. The van der Waals surface area contributed by atoms with E-state index < -0.39 is 5.91 Å². The first kappa shape index (κ1) is 14.6. The molecular weight excluding hydrogens is 272 g/mol. The Morgan fingerprint density at radius 1 is 1.14 bits per heavy atom. The van der Waals surface area contributed by atoms with Crippen molar-refractivity contribution in [1.29, 1.82) is 0 Å². The molecule has 0 saturated carbocycles. The molecule has 1 heterocycles. The molecule has 6 nitrogen and oxygen atoms in total. The van der Waals surface area contributed by atoms with Crippen molar-refractivity contribution in [1.82, 2.24) is 10.9 Å². The Labute approximate surface area is 122 Å². The van der Waals surface area contributed by atoms with Crippen molar-refractivity contribution in [2.45, 2.75) is 12.8 Å². The Bertz CT molecular complexity index is 608. The number of furan rings is 1. The van der Waals surface area contributed by atoms with Gasteiger partial charge in [-0.1, -0.05) is 18.2 Å². The third kappa shape index (κ3) is 4.10. The van der Waals surface area contributed by atoms with Gasteiger partial charge in [-0.15, -0.1) is 0 Å². The molecule has 6 heteroatoms. The van der Waals surface area contributed by atoms with E-state index in [4.69, 9.17) is 9.15 Å². The van der Waals surface area contributed by atoms with Crippen LogP contribution in [0.15, 0.2) is 47.1 Å². The smallest absolute Gasteiger partial charge is 0.305 e. The molecule has 2 aromatic rings. The molecule has 2 rings (SSSR count). The molecule has 2 amide bonds. The lowest BCUT2D eigenvalue weighted by Crippen LogP contribution is -2.41. The van der Waals surface area contributed by atoms with E-state index in [2.05, 4.69) is 10.9 Å². The summed E-state index contributed by atoms with van der Waals surface area (Å²) in [4.78, 5) is 23.2. The molecule has 0 atom stereocenters. The van der Waals surface area contributed by atoms with Crippen LogP contribution in [0.2, 0.25) is 0 Å². The highest BCUT2D eigenvalue weighted by Crippen LogP contribution is 2.18. The third-order valence-electron chi connectivity index (χ3n) is 2.87. The van der Waals surface area contributed by atoms with Gasteiger partial charge in [-0.3, -0.25) is 20.4 Å². The minimum Gasteiger partial charge on any atom is -0.496 e. The van der Waals surface area contributed by atoms with E-state index in [9.17, 15) is 9.59 Å². The molecule has 0 aliphatic rings. The summed E-state index contributed by atoms with van der Waals surface area (Å²) < 4.78 is 10.1. The van der Waals surface area contributed by atoms with Gasteiger partial charge in [0.05, 0.1) is 13.4 Å². The van der Waals surface area contributed by atoms with Gasteiger partial charge in [0.15, 0.2) is 5.76 Å². The Balaban J connectivity index is 1.78. The fourth-order valence-electron chi connectivity index (χ4n) is 1.82. The lowest BCUT2D eigenvalue weighted by Gasteiger charge is -2.08. The summed E-state index contributed by atoms with van der Waals surface area (Å²) in [5.41, 5.74) is 5.56. The number of carbonyl (C=O) groups excluding carboxylic acids is 2. The molecule has 0 spiro atoms. The normalized spacial score (nSPS) is 9.95. The van der Waals surface area contributed by atoms with Crippen molar-refractivity contribution < 1.29 is 18.7 Å². The standard InChI is InChI=1S/C15H16N2O4/c1-20-12-6-3-2-5-11(12)8-9-14(18)16-17-15(19)13-7-4-10-21-13/h2-7,10H,8-9H2,1H3,(H,16,18)(H,17,19). The average Bonchev–Trinajstić information content (AvgIpc) is 3.05. The summed E-state index contributed by atoms with van der Waals surface area (Å²) in [6.07, 6.45) is 2.14. The molecule has 0 bridgehead atoms. The monoisotopic (exact) mass is 288 g/mol. The Hall–Kier alpha value is -2.76. The SMILES string of the molecule is COc1ccccc1CCC(=O)NNC(=O)c1ccco1. The van der Waals surface area contributed by atoms with Gasteiger partial charge in [0, 0.05) is 6.42 Å². The maximum Gasteiger partial charge on any atom is 0.305 e. The molecule has 0 aliphatic carbocycles. The van der Waals surface area contributed by atoms with Gasteiger partial charge in [0.2, 0.25) is 5.91 Å². The number of carbonyl (C=O) groups is 2. The van der Waals surface area contributed by atoms with Crippen molar-refractivity contribution >= 4 is 11.8 Å². The molecule has 1 aromatic carbocycles. The van der Waals surface area contributed by atoms with Crippen LogP contribution in [0.1, 0.15) is 22.5 Å². The number of ether oxygens (including phenoxy) is 1. The first-order valence-electron chi connectivity index (χ1n) is 6.45. The fourth-order valence-corrected chi connectivity index (χ4v) is 1.82. The first-order valence-corrected chi connectivity index (χ1v) is 6.45. The summed E-state index contributed by atoms with van der Waals surface area (Å²) in [6, 6.07) is 10.6. The van der Waals surface area contributed by atoms with Crippen LogP contribution in [0.4, 0.5) is 0 Å². The predicted molar refractivity (Wildman–Crippen MR) is 75.6 cm³/mol. The predicted octanol–water partition coefficient (Wildman–Crippen LogP) is 1.68. The van der Waals surface area contributed by atoms with Crippen molar-refractivity contribution in [3.05, 3.63) is 54.0 Å². The number of rotatable bonds is 5. The largest absolute Gasteiger partial charge is 0.496 e. The number of nitrogens with one attached hydrogen (secondary N) is 2. The maximum atomic E-state index is 11.7. The number of para-hydroxylation sites is 1. The van der Waals surface area contributed by atoms with Crippen molar-refractivity contribution in [3.63, 3.8) is 0 Å². The number of benzene rings is 1. The van der Waals surface area contributed by atoms with Crippen molar-refractivity contribution in [3.8, 4) is 5.75 Å². The van der Waals surface area contributed by atoms with E-state index in [1.54, 1.807) is 13.2 Å². The third-order valence-corrected chi connectivity index (χ3v) is 2.87. The Morgan fingerprint density at radius 3 is 2.67 bits per heavy atom. The van der Waals surface area contributed by atoms with Crippen LogP contribution in [0.3, 0.4) is 0 Å². The fraction of sp³-hybridized carbons (Fsp3) is 0.200. The zero-order chi connectivity index (χ0) is 15.1. The second kappa shape index (κ2) is 7.14. The summed E-state index contributed by atoms with van der Waals surface area (Å²) >= 11 is 0. The second-order valence-corrected chi connectivity index (χ2v) is 4.29. The number of hydrazine groups is 1. The zero-order valence-corrected chi connectivity index (χ0v) is 11.6. The van der Waals surface area contributed by atoms with Crippen LogP contribution in [-0.2, 0) is 11.2 Å². The minimum absolute atomic E-state index is 0.139. The van der Waals surface area contributed by atoms with Crippen LogP contribution in [0.5, 0.6) is 5.75 Å². The van der Waals surface area contributed by atoms with Crippen LogP contribution >= 0.6 is 0 Å². The van der Waals surface area contributed by atoms with Crippen LogP contribution in [0.25, 0.3) is 0 Å². The molecule has 2 N–H and O–H groups in total. The number of aryl methyl sites for hydroxylation is 1. The molecular formula is C15H16N2O4. The van der Waals surface area contributed by atoms with Crippen LogP contribution < -0.4 is 15.6 Å². The summed E-state index contributed by atoms with van der Waals surface area (Å²) in [6.45, 7) is 0. The number of amides is 2. The van der Waals surface area contributed by atoms with E-state index in [0.717, 1.165) is 11.3 Å². The van der Waals surface area contributed by atoms with E-state index in [-0.39, 0.29) is 18.1 Å². The summed E-state index contributed by atoms with van der Waals surface area (Å²) in [5.74, 6) is 0.0939. The molecule has 1 aromatic heterocycles. The van der Waals surface area contributed by atoms with E-state index in [1.165, 1.54) is 12.3 Å². The lowest BCUT2D eigenvalue weighted by atomic mass is 10.1. The molecule has 0 aliphatic heterocycles. The van der Waals surface area contributed by atoms with Gasteiger partial charge in [0.1, 0.15) is 5.75 Å². The van der Waals surface area contributed by atoms with Gasteiger partial charge in [-0.2, -0.15) is 0 Å². The van der Waals surface area contributed by atoms with Crippen molar-refractivity contribution in [2.24, 2.45) is 0 Å². The topological polar surface area (TPSA) is 80.6 Å². The summed E-state index contributed by atoms with van der Waals surface area (Å²) in [7, 11) is 1.59. The van der Waals surface area contributed by atoms with E-state index in [1.807, 2.05) is 24.3 Å². The molecule has 110 valence electrons. The lowest BCUT2D eigenvalue weighted by molar-refractivity contribution is -0.121. The molecule has 0 unspecified atom stereocenters. The highest BCUT2D eigenvalue weighted by atomic mass is 16.5. The van der Waals surface area contributed by atoms with Crippen molar-refractivity contribution in [2.75, 3.05) is 7.11 Å². The Kier molecular flexibility index (Phi) is 4.98. The van der Waals surface area contributed by atoms with E-state index in [0.29, 0.717) is 6.42 Å². The van der Waals surface area contributed by atoms with Gasteiger partial charge in [-0.05, 0) is 30.2 Å². The minimum atomic E-state index is -0.495. The maximum absolute atomic E-state index is 11.7. The first-order chi connectivity index (χ1) is 10.2. The van der Waals surface area contributed by atoms with Crippen LogP contribution in [-0.4, -0.2) is 18.9 Å². The highest BCUT2D eigenvalue weighted by Gasteiger charge is 2.10. The van der Waals surface area contributed by atoms with E-state index >= 15 is 0 Å². The molecule has 21 heavy (non-hydrogen) atoms. The van der Waals surface area contributed by atoms with Gasteiger partial charge < -0.3 is 9.15 Å². The molecule has 0 fully saturated rings. The Morgan fingerprint density at radius 2 is 1.95 bits per heavy atom. The number of hydrogen-bond donors (Lipinski definition) is 2. The highest BCUT2D eigenvalue weighted by molar-refractivity contribution is 5.92. The number of hydrogen-bond acceptors (Lipinski definition) is 4. The van der Waals surface area contributed by atoms with Gasteiger partial charge >= 0.3 is 5.91 Å². The van der Waals surface area contributed by atoms with Crippen LogP contribution in [0, 0.1) is 0 Å². The zero-order valence-electron chi connectivity index (χ0n) is 11.6. The molecule has 0 radical (unpaired) electrons. The number of methoxy groups -OCH3 is 1. The average molecular weight is 288 g/mol. The quantitative estimate of drug-likeness (QED) is 0.820. The molecule has 0 saturated heterocycles. The van der Waals surface area contributed by atoms with Gasteiger partial charge in [0.25, 0.3) is 0 Å². The summed E-state index contributed by atoms with van der Waals surface area (Å²) in [5, 5.41) is 0.